The molecule has 6 atom stereocenters. The van der Waals surface area contributed by atoms with E-state index in [-0.39, 0.29) is 11.5 Å². The predicted molar refractivity (Wildman–Crippen MR) is 87.8 cm³/mol. The summed E-state index contributed by atoms with van der Waals surface area (Å²) in [6.45, 7) is 2.35. The highest BCUT2D eigenvalue weighted by atomic mass is 16.3. The molecule has 1 aromatic rings. The maximum atomic E-state index is 10.3. The van der Waals surface area contributed by atoms with Gasteiger partial charge in [-0.2, -0.15) is 5.26 Å². The zero-order valence-electron chi connectivity index (χ0n) is 13.7. The molecule has 4 rings (SSSR count). The highest BCUT2D eigenvalue weighted by Crippen LogP contribution is 2.62. The van der Waals surface area contributed by atoms with Crippen molar-refractivity contribution in [2.24, 2.45) is 23.2 Å². The second-order valence-electron chi connectivity index (χ2n) is 8.29. The van der Waals surface area contributed by atoms with E-state index >= 15 is 0 Å². The fourth-order valence-corrected chi connectivity index (χ4v) is 6.11. The van der Waals surface area contributed by atoms with E-state index < -0.39 is 0 Å². The van der Waals surface area contributed by atoms with Crippen LogP contribution >= 0.6 is 0 Å². The quantitative estimate of drug-likeness (QED) is 0.830. The number of aromatic hydroxyl groups is 1. The summed E-state index contributed by atoms with van der Waals surface area (Å²) < 4.78 is 0. The first kappa shape index (κ1) is 15.0. The normalized spacial score (nSPS) is 41.5. The molecular weight excluding hydrogens is 286 g/mol. The van der Waals surface area contributed by atoms with E-state index in [1.165, 1.54) is 11.1 Å². The van der Waals surface area contributed by atoms with Gasteiger partial charge in [0.25, 0.3) is 0 Å². The largest absolute Gasteiger partial charge is 0.508 e. The van der Waals surface area contributed by atoms with Gasteiger partial charge in [0.2, 0.25) is 0 Å². The van der Waals surface area contributed by atoms with Crippen molar-refractivity contribution in [3.8, 4) is 11.8 Å². The summed E-state index contributed by atoms with van der Waals surface area (Å²) in [4.78, 5) is 0. The molecule has 0 aromatic heterocycles. The highest BCUT2D eigenvalue weighted by molar-refractivity contribution is 5.40. The zero-order chi connectivity index (χ0) is 16.2. The summed E-state index contributed by atoms with van der Waals surface area (Å²) in [5.41, 5.74) is 2.85. The average Bonchev–Trinajstić information content (AvgIpc) is 2.81. The first-order chi connectivity index (χ1) is 11.0. The van der Waals surface area contributed by atoms with Gasteiger partial charge < -0.3 is 10.2 Å². The maximum absolute atomic E-state index is 10.3. The van der Waals surface area contributed by atoms with Crippen LogP contribution in [-0.2, 0) is 6.42 Å². The average molecular weight is 311 g/mol. The van der Waals surface area contributed by atoms with Crippen molar-refractivity contribution in [1.29, 1.82) is 5.26 Å². The summed E-state index contributed by atoms with van der Waals surface area (Å²) in [7, 11) is 0. The fourth-order valence-electron chi connectivity index (χ4n) is 6.11. The van der Waals surface area contributed by atoms with Crippen LogP contribution in [0.25, 0.3) is 0 Å². The molecule has 0 aliphatic heterocycles. The standard InChI is InChI=1S/C20H25NO2/c1-20-6-4-17-16-3-2-14(22)9-13(16)8-12(5-7-21)19(17)18(20)10-15(23)11-20/h2-3,9,12,15,17-19,22-23H,4-6,8,10-11H2,1H3/t12-,15-,17+,18-,19+,20+/m0/s1. The molecule has 0 amide bonds. The highest BCUT2D eigenvalue weighted by Gasteiger charge is 2.55. The summed E-state index contributed by atoms with van der Waals surface area (Å²) in [6, 6.07) is 8.19. The summed E-state index contributed by atoms with van der Waals surface area (Å²) in [6.07, 6.45) is 5.42. The fraction of sp³-hybridized carbons (Fsp3) is 0.650. The molecule has 2 fully saturated rings. The number of fused-ring (bicyclic) bond motifs is 5. The molecule has 0 unspecified atom stereocenters. The van der Waals surface area contributed by atoms with Gasteiger partial charge in [-0.25, -0.2) is 0 Å². The zero-order valence-corrected chi connectivity index (χ0v) is 13.7. The van der Waals surface area contributed by atoms with Crippen molar-refractivity contribution in [1.82, 2.24) is 0 Å². The Hall–Kier alpha value is -1.53. The van der Waals surface area contributed by atoms with Crippen LogP contribution in [0, 0.1) is 34.5 Å². The topological polar surface area (TPSA) is 64.2 Å². The van der Waals surface area contributed by atoms with Gasteiger partial charge in [0.1, 0.15) is 5.75 Å². The maximum Gasteiger partial charge on any atom is 0.115 e. The van der Waals surface area contributed by atoms with Crippen LogP contribution in [0.2, 0.25) is 0 Å². The Bertz CT molecular complexity index is 664. The van der Waals surface area contributed by atoms with Crippen molar-refractivity contribution in [3.05, 3.63) is 29.3 Å². The second-order valence-corrected chi connectivity index (χ2v) is 8.29. The van der Waals surface area contributed by atoms with E-state index in [0.717, 1.165) is 32.1 Å². The number of hydrogen-bond acceptors (Lipinski definition) is 3. The Morgan fingerprint density at radius 2 is 2.22 bits per heavy atom. The van der Waals surface area contributed by atoms with E-state index in [1.807, 2.05) is 6.07 Å². The van der Waals surface area contributed by atoms with Crippen LogP contribution in [0.15, 0.2) is 18.2 Å². The third kappa shape index (κ3) is 2.27. The number of aliphatic hydroxyl groups is 1. The third-order valence-electron chi connectivity index (χ3n) is 6.98. The van der Waals surface area contributed by atoms with E-state index in [1.54, 1.807) is 6.07 Å². The van der Waals surface area contributed by atoms with Crippen molar-refractivity contribution in [2.75, 3.05) is 0 Å². The van der Waals surface area contributed by atoms with Gasteiger partial charge in [0.15, 0.2) is 0 Å². The van der Waals surface area contributed by atoms with Crippen LogP contribution < -0.4 is 0 Å². The van der Waals surface area contributed by atoms with E-state index in [9.17, 15) is 15.5 Å². The van der Waals surface area contributed by atoms with Crippen LogP contribution in [0.1, 0.15) is 56.1 Å². The molecule has 2 N–H and O–H groups in total. The molecule has 0 bridgehead atoms. The monoisotopic (exact) mass is 311 g/mol. The number of phenolic OH excluding ortho intramolecular Hbond substituents is 1. The molecule has 0 saturated heterocycles. The number of nitrogens with zero attached hydrogens (tertiary/aromatic N) is 1. The second kappa shape index (κ2) is 5.24. The minimum Gasteiger partial charge on any atom is -0.508 e. The Morgan fingerprint density at radius 3 is 3.00 bits per heavy atom. The number of hydrogen-bond donors (Lipinski definition) is 2. The molecule has 0 spiro atoms. The lowest BCUT2D eigenvalue weighted by atomic mass is 9.52. The van der Waals surface area contributed by atoms with E-state index in [2.05, 4.69) is 19.1 Å². The lowest BCUT2D eigenvalue weighted by Gasteiger charge is -2.52. The van der Waals surface area contributed by atoms with Gasteiger partial charge in [0, 0.05) is 6.42 Å². The molecule has 3 heteroatoms. The number of nitriles is 1. The summed E-state index contributed by atoms with van der Waals surface area (Å²) in [5.74, 6) is 2.20. The van der Waals surface area contributed by atoms with E-state index in [0.29, 0.717) is 35.8 Å². The lowest BCUT2D eigenvalue weighted by molar-refractivity contribution is 0.0272. The minimum atomic E-state index is -0.173. The lowest BCUT2D eigenvalue weighted by Crippen LogP contribution is -2.44. The Balaban J connectivity index is 1.77. The van der Waals surface area contributed by atoms with Gasteiger partial charge in [-0.05, 0) is 84.5 Å². The number of phenols is 1. The van der Waals surface area contributed by atoms with Gasteiger partial charge >= 0.3 is 0 Å². The molecule has 23 heavy (non-hydrogen) atoms. The van der Waals surface area contributed by atoms with Crippen LogP contribution in [-0.4, -0.2) is 16.3 Å². The molecule has 122 valence electrons. The van der Waals surface area contributed by atoms with Crippen molar-refractivity contribution < 1.29 is 10.2 Å². The Morgan fingerprint density at radius 1 is 1.39 bits per heavy atom. The molecule has 3 nitrogen and oxygen atoms in total. The van der Waals surface area contributed by atoms with Crippen molar-refractivity contribution in [2.45, 2.75) is 57.5 Å². The van der Waals surface area contributed by atoms with Gasteiger partial charge in [-0.1, -0.05) is 13.0 Å². The Labute approximate surface area is 138 Å². The van der Waals surface area contributed by atoms with Crippen molar-refractivity contribution in [3.63, 3.8) is 0 Å². The van der Waals surface area contributed by atoms with Crippen LogP contribution in [0.3, 0.4) is 0 Å². The minimum absolute atomic E-state index is 0.173. The summed E-state index contributed by atoms with van der Waals surface area (Å²) >= 11 is 0. The van der Waals surface area contributed by atoms with E-state index in [4.69, 9.17) is 0 Å². The first-order valence-corrected chi connectivity index (χ1v) is 8.88. The predicted octanol–water partition coefficient (Wildman–Crippen LogP) is 3.75. The van der Waals surface area contributed by atoms with Crippen LogP contribution in [0.4, 0.5) is 0 Å². The first-order valence-electron chi connectivity index (χ1n) is 8.88. The summed E-state index contributed by atoms with van der Waals surface area (Å²) in [5, 5.41) is 29.4. The number of benzene rings is 1. The third-order valence-corrected chi connectivity index (χ3v) is 6.98. The molecule has 2 saturated carbocycles. The number of rotatable bonds is 1. The smallest absolute Gasteiger partial charge is 0.115 e. The van der Waals surface area contributed by atoms with Gasteiger partial charge in [-0.15, -0.1) is 0 Å². The van der Waals surface area contributed by atoms with Crippen molar-refractivity contribution >= 4 is 0 Å². The molecule has 3 aliphatic carbocycles. The van der Waals surface area contributed by atoms with Crippen LogP contribution in [0.5, 0.6) is 5.75 Å². The Kier molecular flexibility index (Phi) is 3.43. The van der Waals surface area contributed by atoms with Gasteiger partial charge in [-0.3, -0.25) is 0 Å². The number of aliphatic hydroxyl groups excluding tert-OH is 1. The molecule has 0 radical (unpaired) electrons. The van der Waals surface area contributed by atoms with Gasteiger partial charge in [0.05, 0.1) is 12.2 Å². The molecule has 1 aromatic carbocycles. The molecular formula is C20H25NO2. The SMILES string of the molecule is C[C@]12CC[C@@H]3c4ccc(O)cc4C[C@H](CC#N)[C@H]3[C@@H]1C[C@H](O)C2. The molecule has 3 aliphatic rings. The molecule has 0 heterocycles.